The molecular formula is C13H12BFO2. The van der Waals surface area contributed by atoms with Crippen molar-refractivity contribution in [2.45, 2.75) is 6.92 Å². The maximum Gasteiger partial charge on any atom is 0.491 e. The van der Waals surface area contributed by atoms with Crippen molar-refractivity contribution in [3.8, 4) is 11.1 Å². The molecule has 0 aliphatic rings. The van der Waals surface area contributed by atoms with Crippen LogP contribution in [0.25, 0.3) is 11.1 Å². The molecule has 2 rings (SSSR count). The first-order valence-corrected chi connectivity index (χ1v) is 5.31. The second-order valence-electron chi connectivity index (χ2n) is 3.96. The molecular weight excluding hydrogens is 218 g/mol. The lowest BCUT2D eigenvalue weighted by atomic mass is 9.77. The summed E-state index contributed by atoms with van der Waals surface area (Å²) < 4.78 is 14.1. The minimum Gasteiger partial charge on any atom is -0.423 e. The van der Waals surface area contributed by atoms with Gasteiger partial charge in [0.2, 0.25) is 0 Å². The Labute approximate surface area is 99.5 Å². The largest absolute Gasteiger partial charge is 0.491 e. The Morgan fingerprint density at radius 3 is 2.29 bits per heavy atom. The Bertz CT molecular complexity index is 526. The predicted molar refractivity (Wildman–Crippen MR) is 66.4 cm³/mol. The van der Waals surface area contributed by atoms with Crippen molar-refractivity contribution in [3.05, 3.63) is 53.8 Å². The van der Waals surface area contributed by atoms with Gasteiger partial charge < -0.3 is 10.0 Å². The first-order valence-electron chi connectivity index (χ1n) is 5.31. The smallest absolute Gasteiger partial charge is 0.423 e. The van der Waals surface area contributed by atoms with Crippen molar-refractivity contribution in [2.24, 2.45) is 0 Å². The second-order valence-corrected chi connectivity index (χ2v) is 3.96. The van der Waals surface area contributed by atoms with Crippen LogP contribution in [0.5, 0.6) is 0 Å². The van der Waals surface area contributed by atoms with E-state index in [1.165, 1.54) is 6.07 Å². The quantitative estimate of drug-likeness (QED) is 0.767. The molecule has 0 amide bonds. The van der Waals surface area contributed by atoms with Gasteiger partial charge in [0.1, 0.15) is 5.82 Å². The Kier molecular flexibility index (Phi) is 3.27. The van der Waals surface area contributed by atoms with Crippen molar-refractivity contribution in [1.29, 1.82) is 0 Å². The normalized spacial score (nSPS) is 10.4. The lowest BCUT2D eigenvalue weighted by Gasteiger charge is -2.10. The second kappa shape index (κ2) is 4.69. The molecule has 0 atom stereocenters. The molecule has 86 valence electrons. The van der Waals surface area contributed by atoms with Crippen LogP contribution in [-0.4, -0.2) is 17.2 Å². The summed E-state index contributed by atoms with van der Waals surface area (Å²) in [5.74, 6) is -0.586. The third-order valence-electron chi connectivity index (χ3n) is 2.61. The fourth-order valence-electron chi connectivity index (χ4n) is 1.81. The van der Waals surface area contributed by atoms with Gasteiger partial charge in [0, 0.05) is 11.0 Å². The minimum atomic E-state index is -1.79. The van der Waals surface area contributed by atoms with E-state index in [1.807, 2.05) is 18.2 Å². The monoisotopic (exact) mass is 230 g/mol. The molecule has 0 aromatic heterocycles. The first kappa shape index (κ1) is 11.8. The highest BCUT2D eigenvalue weighted by Crippen LogP contribution is 2.22. The summed E-state index contributed by atoms with van der Waals surface area (Å²) in [6, 6.07) is 12.2. The zero-order valence-electron chi connectivity index (χ0n) is 9.39. The van der Waals surface area contributed by atoms with Gasteiger partial charge in [-0.25, -0.2) is 4.39 Å². The van der Waals surface area contributed by atoms with Crippen LogP contribution in [-0.2, 0) is 0 Å². The molecule has 4 heteroatoms. The average molecular weight is 230 g/mol. The van der Waals surface area contributed by atoms with Gasteiger partial charge in [-0.3, -0.25) is 0 Å². The van der Waals surface area contributed by atoms with Crippen LogP contribution in [0.2, 0.25) is 0 Å². The molecule has 0 fully saturated rings. The number of hydrogen-bond acceptors (Lipinski definition) is 2. The predicted octanol–water partition coefficient (Wildman–Crippen LogP) is 1.48. The van der Waals surface area contributed by atoms with Gasteiger partial charge in [0.05, 0.1) is 0 Å². The number of benzene rings is 2. The Hall–Kier alpha value is -1.65. The van der Waals surface area contributed by atoms with Crippen molar-refractivity contribution in [2.75, 3.05) is 0 Å². The van der Waals surface area contributed by atoms with Crippen LogP contribution in [0.3, 0.4) is 0 Å². The maximum atomic E-state index is 14.1. The van der Waals surface area contributed by atoms with Crippen molar-refractivity contribution >= 4 is 12.6 Å². The van der Waals surface area contributed by atoms with Crippen LogP contribution in [0.1, 0.15) is 5.56 Å². The number of hydrogen-bond donors (Lipinski definition) is 2. The van der Waals surface area contributed by atoms with Crippen molar-refractivity contribution in [3.63, 3.8) is 0 Å². The average Bonchev–Trinajstić information content (AvgIpc) is 2.32. The van der Waals surface area contributed by atoms with E-state index in [4.69, 9.17) is 10.0 Å². The van der Waals surface area contributed by atoms with Crippen LogP contribution in [0.15, 0.2) is 42.5 Å². The van der Waals surface area contributed by atoms with Gasteiger partial charge in [0.25, 0.3) is 0 Å². The summed E-state index contributed by atoms with van der Waals surface area (Å²) in [7, 11) is -1.79. The lowest BCUT2D eigenvalue weighted by Crippen LogP contribution is -2.33. The summed E-state index contributed by atoms with van der Waals surface area (Å²) in [5, 5.41) is 18.2. The topological polar surface area (TPSA) is 40.5 Å². The van der Waals surface area contributed by atoms with Gasteiger partial charge >= 0.3 is 7.12 Å². The molecule has 0 aliphatic heterocycles. The molecule has 2 nitrogen and oxygen atoms in total. The number of halogens is 1. The van der Waals surface area contributed by atoms with Gasteiger partial charge in [-0.2, -0.15) is 0 Å². The fourth-order valence-corrected chi connectivity index (χ4v) is 1.81. The van der Waals surface area contributed by atoms with Gasteiger partial charge in [-0.15, -0.1) is 0 Å². The molecule has 2 aromatic carbocycles. The van der Waals surface area contributed by atoms with Crippen molar-refractivity contribution in [1.82, 2.24) is 0 Å². The van der Waals surface area contributed by atoms with E-state index >= 15 is 0 Å². The molecule has 17 heavy (non-hydrogen) atoms. The molecule has 0 bridgehead atoms. The highest BCUT2D eigenvalue weighted by atomic mass is 19.1. The third kappa shape index (κ3) is 2.38. The first-order chi connectivity index (χ1) is 8.09. The fraction of sp³-hybridized carbons (Fsp3) is 0.0769. The van der Waals surface area contributed by atoms with E-state index in [2.05, 4.69) is 0 Å². The summed E-state index contributed by atoms with van der Waals surface area (Å²) in [6.07, 6.45) is 0. The summed E-state index contributed by atoms with van der Waals surface area (Å²) in [6.45, 7) is 1.79. The Balaban J connectivity index is 2.63. The third-order valence-corrected chi connectivity index (χ3v) is 2.61. The standard InChI is InChI=1S/C13H12BFO2/c1-9-7-11(10-5-3-2-4-6-10)13(15)12(8-9)14(16)17/h2-8,16-17H,1H3. The Morgan fingerprint density at radius 1 is 1.06 bits per heavy atom. The summed E-state index contributed by atoms with van der Waals surface area (Å²) >= 11 is 0. The molecule has 0 saturated carbocycles. The molecule has 2 N–H and O–H groups in total. The van der Waals surface area contributed by atoms with E-state index < -0.39 is 12.9 Å². The minimum absolute atomic E-state index is 0.0937. The van der Waals surface area contributed by atoms with E-state index in [1.54, 1.807) is 25.1 Å². The molecule has 0 radical (unpaired) electrons. The van der Waals surface area contributed by atoms with Crippen LogP contribution < -0.4 is 5.46 Å². The molecule has 2 aromatic rings. The maximum absolute atomic E-state index is 14.1. The van der Waals surface area contributed by atoms with Crippen LogP contribution in [0.4, 0.5) is 4.39 Å². The molecule has 0 unspecified atom stereocenters. The van der Waals surface area contributed by atoms with Gasteiger partial charge in [0.15, 0.2) is 0 Å². The van der Waals surface area contributed by atoms with Crippen molar-refractivity contribution < 1.29 is 14.4 Å². The summed E-state index contributed by atoms with van der Waals surface area (Å²) in [5.41, 5.74) is 1.79. The molecule has 0 saturated heterocycles. The lowest BCUT2D eigenvalue weighted by molar-refractivity contribution is 0.423. The SMILES string of the molecule is Cc1cc(B(O)O)c(F)c(-c2ccccc2)c1. The molecule has 0 spiro atoms. The van der Waals surface area contributed by atoms with E-state index in [9.17, 15) is 4.39 Å². The zero-order valence-corrected chi connectivity index (χ0v) is 9.39. The Morgan fingerprint density at radius 2 is 1.71 bits per heavy atom. The zero-order chi connectivity index (χ0) is 12.4. The van der Waals surface area contributed by atoms with E-state index in [0.717, 1.165) is 11.1 Å². The highest BCUT2D eigenvalue weighted by molar-refractivity contribution is 6.58. The van der Waals surface area contributed by atoms with Crippen LogP contribution >= 0.6 is 0 Å². The number of rotatable bonds is 2. The molecule has 0 aliphatic carbocycles. The van der Waals surface area contributed by atoms with Crippen LogP contribution in [0, 0.1) is 12.7 Å². The summed E-state index contributed by atoms with van der Waals surface area (Å²) in [4.78, 5) is 0. The molecule has 0 heterocycles. The number of aryl methyl sites for hydroxylation is 1. The van der Waals surface area contributed by atoms with Gasteiger partial charge in [-0.05, 0) is 18.6 Å². The van der Waals surface area contributed by atoms with E-state index in [-0.39, 0.29) is 5.46 Å². The van der Waals surface area contributed by atoms with Gasteiger partial charge in [-0.1, -0.05) is 42.0 Å². The highest BCUT2D eigenvalue weighted by Gasteiger charge is 2.20. The van der Waals surface area contributed by atoms with E-state index in [0.29, 0.717) is 5.56 Å².